The lowest BCUT2D eigenvalue weighted by molar-refractivity contribution is 0.395. The molecule has 18 heavy (non-hydrogen) atoms. The number of alkyl halides is 1. The molecule has 2 rings (SSSR count). The molecule has 0 bridgehead atoms. The third-order valence-electron chi connectivity index (χ3n) is 3.67. The van der Waals surface area contributed by atoms with Crippen LogP contribution in [0.1, 0.15) is 24.8 Å². The molecule has 1 N–H and O–H groups in total. The van der Waals surface area contributed by atoms with E-state index >= 15 is 0 Å². The Labute approximate surface area is 121 Å². The maximum absolute atomic E-state index is 13.2. The zero-order valence-corrected chi connectivity index (χ0v) is 12.6. The molecule has 2 atom stereocenters. The summed E-state index contributed by atoms with van der Waals surface area (Å²) < 4.78 is 14.0. The van der Waals surface area contributed by atoms with Gasteiger partial charge in [-0.25, -0.2) is 4.39 Å². The summed E-state index contributed by atoms with van der Waals surface area (Å²) in [5.41, 5.74) is 0.974. The van der Waals surface area contributed by atoms with Crippen molar-refractivity contribution in [3.05, 3.63) is 34.1 Å². The maximum atomic E-state index is 13.2. The van der Waals surface area contributed by atoms with Crippen molar-refractivity contribution in [1.82, 2.24) is 5.32 Å². The molecule has 1 aromatic rings. The van der Waals surface area contributed by atoms with Gasteiger partial charge in [0.25, 0.3) is 0 Å². The van der Waals surface area contributed by atoms with Gasteiger partial charge in [0, 0.05) is 16.9 Å². The number of halogens is 3. The third-order valence-corrected chi connectivity index (χ3v) is 4.53. The number of hydrogen-bond donors (Lipinski definition) is 1. The Morgan fingerprint density at radius 2 is 2.06 bits per heavy atom. The van der Waals surface area contributed by atoms with Crippen molar-refractivity contribution in [1.29, 1.82) is 0 Å². The van der Waals surface area contributed by atoms with Crippen LogP contribution in [0.4, 0.5) is 4.39 Å². The van der Waals surface area contributed by atoms with Crippen LogP contribution in [-0.4, -0.2) is 12.4 Å². The first-order valence-corrected chi connectivity index (χ1v) is 7.73. The first kappa shape index (κ1) is 14.3. The predicted molar refractivity (Wildman–Crippen MR) is 77.4 cm³/mol. The molecule has 0 spiro atoms. The molecule has 4 heteroatoms. The molecule has 1 nitrogen and oxygen atoms in total. The molecule has 2 unspecified atom stereocenters. The SMILES string of the molecule is Fc1cc(Br)cc(CNCC2CCCC2CCl)c1. The van der Waals surface area contributed by atoms with E-state index in [9.17, 15) is 4.39 Å². The van der Waals surface area contributed by atoms with Gasteiger partial charge in [-0.2, -0.15) is 0 Å². The summed E-state index contributed by atoms with van der Waals surface area (Å²) in [4.78, 5) is 0. The van der Waals surface area contributed by atoms with Gasteiger partial charge in [0.2, 0.25) is 0 Å². The molecule has 1 saturated carbocycles. The number of hydrogen-bond acceptors (Lipinski definition) is 1. The summed E-state index contributed by atoms with van der Waals surface area (Å²) in [7, 11) is 0. The quantitative estimate of drug-likeness (QED) is 0.790. The molecule has 1 aromatic carbocycles. The van der Waals surface area contributed by atoms with E-state index < -0.39 is 0 Å². The van der Waals surface area contributed by atoms with Crippen LogP contribution in [0.25, 0.3) is 0 Å². The van der Waals surface area contributed by atoms with E-state index in [0.29, 0.717) is 18.4 Å². The zero-order valence-electron chi connectivity index (χ0n) is 10.3. The van der Waals surface area contributed by atoms with E-state index in [4.69, 9.17) is 11.6 Å². The average molecular weight is 335 g/mol. The summed E-state index contributed by atoms with van der Waals surface area (Å²) in [6.07, 6.45) is 3.80. The van der Waals surface area contributed by atoms with Crippen molar-refractivity contribution >= 4 is 27.5 Å². The molecule has 0 aliphatic heterocycles. The topological polar surface area (TPSA) is 12.0 Å². The Morgan fingerprint density at radius 3 is 2.78 bits per heavy atom. The van der Waals surface area contributed by atoms with Crippen LogP contribution in [0.2, 0.25) is 0 Å². The maximum Gasteiger partial charge on any atom is 0.124 e. The number of benzene rings is 1. The fourth-order valence-electron chi connectivity index (χ4n) is 2.70. The Kier molecular flexibility index (Phi) is 5.46. The van der Waals surface area contributed by atoms with Crippen LogP contribution in [0, 0.1) is 17.7 Å². The molecule has 0 saturated heterocycles. The normalized spacial score (nSPS) is 23.5. The second-order valence-electron chi connectivity index (χ2n) is 5.01. The van der Waals surface area contributed by atoms with E-state index in [1.807, 2.05) is 6.07 Å². The molecule has 1 aliphatic rings. The molecule has 1 aliphatic carbocycles. The van der Waals surface area contributed by atoms with E-state index in [-0.39, 0.29) is 5.82 Å². The predicted octanol–water partition coefficient (Wildman–Crippen LogP) is 4.33. The van der Waals surface area contributed by atoms with E-state index in [0.717, 1.165) is 22.5 Å². The smallest absolute Gasteiger partial charge is 0.124 e. The zero-order chi connectivity index (χ0) is 13.0. The van der Waals surface area contributed by atoms with Crippen LogP contribution in [0.15, 0.2) is 22.7 Å². The van der Waals surface area contributed by atoms with E-state index in [1.165, 1.54) is 25.3 Å². The number of nitrogens with one attached hydrogen (secondary N) is 1. The van der Waals surface area contributed by atoms with Gasteiger partial charge in [-0.05, 0) is 55.0 Å². The van der Waals surface area contributed by atoms with Crippen LogP contribution in [-0.2, 0) is 6.54 Å². The summed E-state index contributed by atoms with van der Waals surface area (Å²) in [6.45, 7) is 1.69. The van der Waals surface area contributed by atoms with Gasteiger partial charge < -0.3 is 5.32 Å². The van der Waals surface area contributed by atoms with Gasteiger partial charge in [-0.1, -0.05) is 22.4 Å². The molecular formula is C14H18BrClFN. The van der Waals surface area contributed by atoms with Crippen LogP contribution in [0.3, 0.4) is 0 Å². The molecule has 100 valence electrons. The van der Waals surface area contributed by atoms with Crippen molar-refractivity contribution in [3.63, 3.8) is 0 Å². The summed E-state index contributed by atoms with van der Waals surface area (Å²) in [5.74, 6) is 1.90. The van der Waals surface area contributed by atoms with Crippen LogP contribution < -0.4 is 5.32 Å². The minimum absolute atomic E-state index is 0.194. The van der Waals surface area contributed by atoms with Crippen molar-refractivity contribution in [2.24, 2.45) is 11.8 Å². The molecule has 0 radical (unpaired) electrons. The van der Waals surface area contributed by atoms with Crippen LogP contribution in [0.5, 0.6) is 0 Å². The van der Waals surface area contributed by atoms with Gasteiger partial charge in [-0.3, -0.25) is 0 Å². The van der Waals surface area contributed by atoms with Gasteiger partial charge >= 0.3 is 0 Å². The standard InChI is InChI=1S/C14H18BrClFN/c15-13-4-10(5-14(17)6-13)8-18-9-12-3-1-2-11(12)7-16/h4-6,11-12,18H,1-3,7-9H2. The first-order valence-electron chi connectivity index (χ1n) is 6.40. The highest BCUT2D eigenvalue weighted by Gasteiger charge is 2.25. The summed E-state index contributed by atoms with van der Waals surface area (Å²) in [5, 5.41) is 3.42. The molecule has 0 aromatic heterocycles. The second-order valence-corrected chi connectivity index (χ2v) is 6.24. The fourth-order valence-corrected chi connectivity index (χ4v) is 3.62. The van der Waals surface area contributed by atoms with Gasteiger partial charge in [-0.15, -0.1) is 11.6 Å². The van der Waals surface area contributed by atoms with E-state index in [1.54, 1.807) is 6.07 Å². The third kappa shape index (κ3) is 3.94. The van der Waals surface area contributed by atoms with Gasteiger partial charge in [0.15, 0.2) is 0 Å². The largest absolute Gasteiger partial charge is 0.312 e. The van der Waals surface area contributed by atoms with Crippen molar-refractivity contribution in [3.8, 4) is 0 Å². The lowest BCUT2D eigenvalue weighted by Crippen LogP contribution is -2.25. The highest BCUT2D eigenvalue weighted by atomic mass is 79.9. The van der Waals surface area contributed by atoms with Crippen LogP contribution >= 0.6 is 27.5 Å². The summed E-state index contributed by atoms with van der Waals surface area (Å²) in [6, 6.07) is 5.00. The lowest BCUT2D eigenvalue weighted by atomic mass is 9.98. The van der Waals surface area contributed by atoms with E-state index in [2.05, 4.69) is 21.2 Å². The highest BCUT2D eigenvalue weighted by Crippen LogP contribution is 2.32. The average Bonchev–Trinajstić information content (AvgIpc) is 2.75. The Bertz CT molecular complexity index is 379. The van der Waals surface area contributed by atoms with Crippen molar-refractivity contribution < 1.29 is 4.39 Å². The van der Waals surface area contributed by atoms with Crippen molar-refractivity contribution in [2.75, 3.05) is 12.4 Å². The first-order chi connectivity index (χ1) is 8.69. The summed E-state index contributed by atoms with van der Waals surface area (Å²) >= 11 is 9.26. The lowest BCUT2D eigenvalue weighted by Gasteiger charge is -2.17. The monoisotopic (exact) mass is 333 g/mol. The number of rotatable bonds is 5. The van der Waals surface area contributed by atoms with Gasteiger partial charge in [0.05, 0.1) is 0 Å². The highest BCUT2D eigenvalue weighted by molar-refractivity contribution is 9.10. The minimum atomic E-state index is -0.194. The van der Waals surface area contributed by atoms with Crippen molar-refractivity contribution in [2.45, 2.75) is 25.8 Å². The molecule has 1 fully saturated rings. The van der Waals surface area contributed by atoms with Gasteiger partial charge in [0.1, 0.15) is 5.82 Å². The fraction of sp³-hybridized carbons (Fsp3) is 0.571. The Morgan fingerprint density at radius 1 is 1.28 bits per heavy atom. The minimum Gasteiger partial charge on any atom is -0.312 e. The second kappa shape index (κ2) is 6.88. The Balaban J connectivity index is 1.81. The molecular weight excluding hydrogens is 317 g/mol. The molecule has 0 heterocycles. The Hall–Kier alpha value is -0.120. The molecule has 0 amide bonds.